The number of aromatic carboxylic acids is 1. The maximum absolute atomic E-state index is 12.5. The molecule has 0 amide bonds. The maximum Gasteiger partial charge on any atom is 0.335 e. The van der Waals surface area contributed by atoms with Crippen molar-refractivity contribution in [3.05, 3.63) is 23.8 Å². The summed E-state index contributed by atoms with van der Waals surface area (Å²) in [5.41, 5.74) is 0.112. The molecule has 0 radical (unpaired) electrons. The van der Waals surface area contributed by atoms with Gasteiger partial charge in [-0.1, -0.05) is 0 Å². The van der Waals surface area contributed by atoms with Gasteiger partial charge in [-0.3, -0.25) is 0 Å². The Bertz CT molecular complexity index is 655. The van der Waals surface area contributed by atoms with Crippen LogP contribution in [0.5, 0.6) is 0 Å². The third-order valence-electron chi connectivity index (χ3n) is 3.47. The normalized spacial score (nSPS) is 18.0. The standard InChI is InChI=1S/C14H20N2O6S/c17-6-5-15-12-4-3-10(14(18)19)8-13(12)23(20,21)16-9-11-2-1-7-22-11/h3-4,8,11,15-17H,1-2,5-7,9H2,(H,18,19)/t11-/m1/s1. The molecule has 0 unspecified atom stereocenters. The highest BCUT2D eigenvalue weighted by Gasteiger charge is 2.23. The number of anilines is 1. The number of benzene rings is 1. The van der Waals surface area contributed by atoms with Crippen LogP contribution >= 0.6 is 0 Å². The number of carboxylic acid groups (broad SMARTS) is 1. The number of rotatable bonds is 8. The van der Waals surface area contributed by atoms with Crippen LogP contribution in [0.3, 0.4) is 0 Å². The van der Waals surface area contributed by atoms with E-state index >= 15 is 0 Å². The molecule has 0 spiro atoms. The molecule has 9 heteroatoms. The van der Waals surface area contributed by atoms with Crippen molar-refractivity contribution in [1.29, 1.82) is 0 Å². The number of hydrogen-bond donors (Lipinski definition) is 4. The molecule has 1 aliphatic heterocycles. The Morgan fingerprint density at radius 3 is 2.78 bits per heavy atom. The average Bonchev–Trinajstić information content (AvgIpc) is 3.04. The summed E-state index contributed by atoms with van der Waals surface area (Å²) in [5, 5.41) is 20.7. The first kappa shape index (κ1) is 17.7. The number of aliphatic hydroxyl groups is 1. The SMILES string of the molecule is O=C(O)c1ccc(NCCO)c(S(=O)(=O)NC[C@H]2CCCO2)c1. The van der Waals surface area contributed by atoms with Crippen LogP contribution in [0.4, 0.5) is 5.69 Å². The summed E-state index contributed by atoms with van der Waals surface area (Å²) in [6.07, 6.45) is 1.51. The first-order valence-corrected chi connectivity index (χ1v) is 8.75. The van der Waals surface area contributed by atoms with Gasteiger partial charge in [0.2, 0.25) is 10.0 Å². The molecule has 128 valence electrons. The van der Waals surface area contributed by atoms with Gasteiger partial charge in [0.25, 0.3) is 0 Å². The van der Waals surface area contributed by atoms with E-state index in [4.69, 9.17) is 14.9 Å². The van der Waals surface area contributed by atoms with Crippen LogP contribution in [0.2, 0.25) is 0 Å². The van der Waals surface area contributed by atoms with Crippen molar-refractivity contribution in [1.82, 2.24) is 4.72 Å². The molecule has 1 aliphatic rings. The second-order valence-corrected chi connectivity index (χ2v) is 6.89. The summed E-state index contributed by atoms with van der Waals surface area (Å²) in [4.78, 5) is 10.9. The van der Waals surface area contributed by atoms with Crippen molar-refractivity contribution >= 4 is 21.7 Å². The molecule has 1 heterocycles. The fraction of sp³-hybridized carbons (Fsp3) is 0.500. The molecule has 0 saturated carbocycles. The summed E-state index contributed by atoms with van der Waals surface area (Å²) >= 11 is 0. The van der Waals surface area contributed by atoms with Gasteiger partial charge < -0.3 is 20.3 Å². The van der Waals surface area contributed by atoms with Crippen LogP contribution in [0.15, 0.2) is 23.1 Å². The number of carboxylic acids is 1. The lowest BCUT2D eigenvalue weighted by Crippen LogP contribution is -2.32. The monoisotopic (exact) mass is 344 g/mol. The van der Waals surface area contributed by atoms with E-state index in [0.29, 0.717) is 6.61 Å². The zero-order chi connectivity index (χ0) is 16.9. The van der Waals surface area contributed by atoms with E-state index in [1.54, 1.807) is 0 Å². The van der Waals surface area contributed by atoms with Gasteiger partial charge in [-0.25, -0.2) is 17.9 Å². The highest BCUT2D eigenvalue weighted by atomic mass is 32.2. The molecule has 4 N–H and O–H groups in total. The summed E-state index contributed by atoms with van der Waals surface area (Å²) in [6, 6.07) is 3.78. The molecule has 1 saturated heterocycles. The fourth-order valence-corrected chi connectivity index (χ4v) is 3.57. The van der Waals surface area contributed by atoms with Gasteiger partial charge in [0.15, 0.2) is 0 Å². The molecule has 1 aromatic rings. The molecular formula is C14H20N2O6S. The van der Waals surface area contributed by atoms with Crippen molar-refractivity contribution in [2.24, 2.45) is 0 Å². The average molecular weight is 344 g/mol. The second-order valence-electron chi connectivity index (χ2n) is 5.15. The smallest absolute Gasteiger partial charge is 0.335 e. The lowest BCUT2D eigenvalue weighted by Gasteiger charge is -2.15. The molecule has 8 nitrogen and oxygen atoms in total. The fourth-order valence-electron chi connectivity index (χ4n) is 2.30. The number of sulfonamides is 1. The number of nitrogens with one attached hydrogen (secondary N) is 2. The lowest BCUT2D eigenvalue weighted by molar-refractivity contribution is 0.0696. The van der Waals surface area contributed by atoms with Crippen LogP contribution in [0.1, 0.15) is 23.2 Å². The van der Waals surface area contributed by atoms with E-state index in [1.165, 1.54) is 12.1 Å². The Hall–Kier alpha value is -1.68. The Morgan fingerprint density at radius 1 is 1.39 bits per heavy atom. The minimum Gasteiger partial charge on any atom is -0.478 e. The van der Waals surface area contributed by atoms with E-state index in [-0.39, 0.29) is 41.9 Å². The molecule has 2 rings (SSSR count). The van der Waals surface area contributed by atoms with Gasteiger partial charge >= 0.3 is 5.97 Å². The molecule has 1 fully saturated rings. The highest BCUT2D eigenvalue weighted by molar-refractivity contribution is 7.89. The molecular weight excluding hydrogens is 324 g/mol. The zero-order valence-electron chi connectivity index (χ0n) is 12.5. The van der Waals surface area contributed by atoms with E-state index in [0.717, 1.165) is 18.9 Å². The predicted octanol–water partition coefficient (Wildman–Crippen LogP) is 0.246. The van der Waals surface area contributed by atoms with Crippen LogP contribution < -0.4 is 10.0 Å². The van der Waals surface area contributed by atoms with Gasteiger partial charge in [0, 0.05) is 19.7 Å². The van der Waals surface area contributed by atoms with Crippen molar-refractivity contribution in [3.8, 4) is 0 Å². The molecule has 0 bridgehead atoms. The van der Waals surface area contributed by atoms with E-state index < -0.39 is 16.0 Å². The Morgan fingerprint density at radius 2 is 2.17 bits per heavy atom. The van der Waals surface area contributed by atoms with Crippen LogP contribution in [-0.4, -0.2) is 57.0 Å². The topological polar surface area (TPSA) is 125 Å². The third kappa shape index (κ3) is 4.64. The predicted molar refractivity (Wildman–Crippen MR) is 83.1 cm³/mol. The summed E-state index contributed by atoms with van der Waals surface area (Å²) in [7, 11) is -3.90. The van der Waals surface area contributed by atoms with Crippen LogP contribution in [0, 0.1) is 0 Å². The minimum atomic E-state index is -3.90. The first-order valence-electron chi connectivity index (χ1n) is 7.27. The minimum absolute atomic E-state index is 0.128. The third-order valence-corrected chi connectivity index (χ3v) is 4.93. The summed E-state index contributed by atoms with van der Waals surface area (Å²) < 4.78 is 32.8. The Kier molecular flexibility index (Phi) is 5.94. The molecule has 0 aliphatic carbocycles. The molecule has 23 heavy (non-hydrogen) atoms. The van der Waals surface area contributed by atoms with E-state index in [2.05, 4.69) is 10.0 Å². The van der Waals surface area contributed by atoms with Gasteiger partial charge in [-0.15, -0.1) is 0 Å². The number of ether oxygens (including phenoxy) is 1. The summed E-state index contributed by atoms with van der Waals surface area (Å²) in [5.74, 6) is -1.21. The van der Waals surface area contributed by atoms with Gasteiger partial charge in [-0.05, 0) is 31.0 Å². The number of aliphatic hydroxyl groups excluding tert-OH is 1. The second kappa shape index (κ2) is 7.73. The summed E-state index contributed by atoms with van der Waals surface area (Å²) in [6.45, 7) is 0.730. The molecule has 1 aromatic carbocycles. The first-order chi connectivity index (χ1) is 10.9. The van der Waals surface area contributed by atoms with Gasteiger partial charge in [-0.2, -0.15) is 0 Å². The van der Waals surface area contributed by atoms with Crippen LogP contribution in [-0.2, 0) is 14.8 Å². The Labute approximate surface area is 134 Å². The Balaban J connectivity index is 2.24. The quantitative estimate of drug-likeness (QED) is 0.532. The zero-order valence-corrected chi connectivity index (χ0v) is 13.3. The number of carbonyl (C=O) groups is 1. The molecule has 1 atom stereocenters. The van der Waals surface area contributed by atoms with E-state index in [1.807, 2.05) is 0 Å². The lowest BCUT2D eigenvalue weighted by atomic mass is 10.2. The van der Waals surface area contributed by atoms with Crippen molar-refractivity contribution < 1.29 is 28.2 Å². The van der Waals surface area contributed by atoms with Gasteiger partial charge in [0.05, 0.1) is 24.0 Å². The molecule has 0 aromatic heterocycles. The van der Waals surface area contributed by atoms with E-state index in [9.17, 15) is 13.2 Å². The van der Waals surface area contributed by atoms with Crippen molar-refractivity contribution in [3.63, 3.8) is 0 Å². The highest BCUT2D eigenvalue weighted by Crippen LogP contribution is 2.23. The number of hydrogen-bond acceptors (Lipinski definition) is 6. The van der Waals surface area contributed by atoms with Crippen molar-refractivity contribution in [2.75, 3.05) is 31.6 Å². The van der Waals surface area contributed by atoms with Gasteiger partial charge in [0.1, 0.15) is 4.90 Å². The largest absolute Gasteiger partial charge is 0.478 e. The maximum atomic E-state index is 12.5. The van der Waals surface area contributed by atoms with Crippen molar-refractivity contribution in [2.45, 2.75) is 23.8 Å². The van der Waals surface area contributed by atoms with Crippen LogP contribution in [0.25, 0.3) is 0 Å².